The van der Waals surface area contributed by atoms with Gasteiger partial charge in [-0.3, -0.25) is 0 Å². The molecule has 1 N–H and O–H groups in total. The maximum absolute atomic E-state index is 5.94. The van der Waals surface area contributed by atoms with E-state index in [9.17, 15) is 0 Å². The zero-order valence-corrected chi connectivity index (χ0v) is 11.9. The molecule has 1 aliphatic rings. The molecule has 2 rings (SSSR count). The van der Waals surface area contributed by atoms with Crippen molar-refractivity contribution in [1.29, 1.82) is 0 Å². The molecule has 0 aromatic heterocycles. The van der Waals surface area contributed by atoms with Crippen LogP contribution in [0.2, 0.25) is 0 Å². The molecule has 18 heavy (non-hydrogen) atoms. The van der Waals surface area contributed by atoms with Crippen LogP contribution in [-0.2, 0) is 6.42 Å². The van der Waals surface area contributed by atoms with E-state index in [0.717, 1.165) is 43.9 Å². The van der Waals surface area contributed by atoms with Crippen LogP contribution >= 0.6 is 12.4 Å². The lowest BCUT2D eigenvalue weighted by atomic mass is 10.1. The molecule has 1 fully saturated rings. The molecule has 1 aromatic rings. The van der Waals surface area contributed by atoms with Crippen molar-refractivity contribution >= 4 is 12.4 Å². The van der Waals surface area contributed by atoms with Crippen LogP contribution < -0.4 is 14.8 Å². The van der Waals surface area contributed by atoms with Gasteiger partial charge >= 0.3 is 0 Å². The number of ether oxygens (including phenoxy) is 2. The Balaban J connectivity index is 0.00000162. The lowest BCUT2D eigenvalue weighted by Gasteiger charge is -2.16. The first-order valence-corrected chi connectivity index (χ1v) is 6.37. The topological polar surface area (TPSA) is 30.5 Å². The highest BCUT2D eigenvalue weighted by Gasteiger charge is 2.17. The fourth-order valence-corrected chi connectivity index (χ4v) is 2.16. The second-order valence-electron chi connectivity index (χ2n) is 4.47. The molecule has 0 aliphatic carbocycles. The maximum Gasteiger partial charge on any atom is 0.161 e. The zero-order chi connectivity index (χ0) is 12.1. The second kappa shape index (κ2) is 7.49. The summed E-state index contributed by atoms with van der Waals surface area (Å²) in [6.45, 7) is 4.15. The molecule has 3 nitrogen and oxygen atoms in total. The van der Waals surface area contributed by atoms with Gasteiger partial charge in [0.15, 0.2) is 11.5 Å². The Morgan fingerprint density at radius 2 is 2.17 bits per heavy atom. The molecule has 0 bridgehead atoms. The predicted molar refractivity (Wildman–Crippen MR) is 76.1 cm³/mol. The van der Waals surface area contributed by atoms with Crippen molar-refractivity contribution in [2.24, 2.45) is 0 Å². The van der Waals surface area contributed by atoms with E-state index in [4.69, 9.17) is 9.47 Å². The number of rotatable bonds is 5. The van der Waals surface area contributed by atoms with Gasteiger partial charge in [0.25, 0.3) is 0 Å². The molecule has 102 valence electrons. The molecule has 1 aliphatic heterocycles. The van der Waals surface area contributed by atoms with E-state index in [1.807, 2.05) is 6.07 Å². The van der Waals surface area contributed by atoms with E-state index >= 15 is 0 Å². The molecule has 4 heteroatoms. The molecule has 1 unspecified atom stereocenters. The first-order valence-electron chi connectivity index (χ1n) is 6.37. The average Bonchev–Trinajstić information content (AvgIpc) is 2.84. The smallest absolute Gasteiger partial charge is 0.161 e. The maximum atomic E-state index is 5.94. The standard InChI is InChI=1S/C14H21NO2.ClH/c1-3-4-11-5-6-13(14(9-11)16-2)17-12-7-8-15-10-12;/h5-6,9,12,15H,3-4,7-8,10H2,1-2H3;1H. The summed E-state index contributed by atoms with van der Waals surface area (Å²) in [6, 6.07) is 6.24. The van der Waals surface area contributed by atoms with Gasteiger partial charge in [-0.2, -0.15) is 0 Å². The monoisotopic (exact) mass is 271 g/mol. The van der Waals surface area contributed by atoms with Gasteiger partial charge in [0.2, 0.25) is 0 Å². The van der Waals surface area contributed by atoms with E-state index in [2.05, 4.69) is 24.4 Å². The van der Waals surface area contributed by atoms with Crippen LogP contribution in [-0.4, -0.2) is 26.3 Å². The van der Waals surface area contributed by atoms with Gasteiger partial charge in [0.1, 0.15) is 6.10 Å². The van der Waals surface area contributed by atoms with Gasteiger partial charge in [-0.05, 0) is 37.1 Å². The highest BCUT2D eigenvalue weighted by molar-refractivity contribution is 5.85. The average molecular weight is 272 g/mol. The predicted octanol–water partition coefficient (Wildman–Crippen LogP) is 2.81. The van der Waals surface area contributed by atoms with Crippen molar-refractivity contribution in [3.8, 4) is 11.5 Å². The zero-order valence-electron chi connectivity index (χ0n) is 11.1. The Morgan fingerprint density at radius 1 is 1.33 bits per heavy atom. The van der Waals surface area contributed by atoms with Gasteiger partial charge in [-0.25, -0.2) is 0 Å². The van der Waals surface area contributed by atoms with Gasteiger partial charge in [0, 0.05) is 6.54 Å². The van der Waals surface area contributed by atoms with Crippen LogP contribution in [0.5, 0.6) is 11.5 Å². The van der Waals surface area contributed by atoms with E-state index in [1.54, 1.807) is 7.11 Å². The van der Waals surface area contributed by atoms with Crippen LogP contribution in [0.15, 0.2) is 18.2 Å². The van der Waals surface area contributed by atoms with Crippen molar-refractivity contribution in [2.75, 3.05) is 20.2 Å². The first-order chi connectivity index (χ1) is 8.33. The molecule has 1 heterocycles. The number of halogens is 1. The normalized spacial score (nSPS) is 18.2. The summed E-state index contributed by atoms with van der Waals surface area (Å²) < 4.78 is 11.3. The highest BCUT2D eigenvalue weighted by atomic mass is 35.5. The number of hydrogen-bond donors (Lipinski definition) is 1. The fourth-order valence-electron chi connectivity index (χ4n) is 2.16. The Morgan fingerprint density at radius 3 is 2.78 bits per heavy atom. The minimum atomic E-state index is 0. The fraction of sp³-hybridized carbons (Fsp3) is 0.571. The van der Waals surface area contributed by atoms with Crippen molar-refractivity contribution in [1.82, 2.24) is 5.32 Å². The van der Waals surface area contributed by atoms with Gasteiger partial charge in [-0.15, -0.1) is 12.4 Å². The van der Waals surface area contributed by atoms with Crippen molar-refractivity contribution < 1.29 is 9.47 Å². The van der Waals surface area contributed by atoms with E-state index in [-0.39, 0.29) is 18.5 Å². The summed E-state index contributed by atoms with van der Waals surface area (Å²) in [5, 5.41) is 3.30. The molecule has 0 saturated carbocycles. The Bertz CT molecular complexity index is 365. The van der Waals surface area contributed by atoms with E-state index < -0.39 is 0 Å². The van der Waals surface area contributed by atoms with Crippen LogP contribution in [0, 0.1) is 0 Å². The first kappa shape index (κ1) is 15.1. The van der Waals surface area contributed by atoms with E-state index in [1.165, 1.54) is 5.56 Å². The minimum absolute atomic E-state index is 0. The quantitative estimate of drug-likeness (QED) is 0.893. The Hall–Kier alpha value is -0.930. The largest absolute Gasteiger partial charge is 0.493 e. The van der Waals surface area contributed by atoms with Crippen LogP contribution in [0.3, 0.4) is 0 Å². The van der Waals surface area contributed by atoms with Crippen molar-refractivity contribution in [3.63, 3.8) is 0 Å². The van der Waals surface area contributed by atoms with Crippen LogP contribution in [0.25, 0.3) is 0 Å². The molecule has 0 radical (unpaired) electrons. The van der Waals surface area contributed by atoms with Crippen molar-refractivity contribution in [2.45, 2.75) is 32.3 Å². The summed E-state index contributed by atoms with van der Waals surface area (Å²) in [6.07, 6.45) is 3.58. The molecule has 0 spiro atoms. The summed E-state index contributed by atoms with van der Waals surface area (Å²) in [7, 11) is 1.70. The number of benzene rings is 1. The van der Waals surface area contributed by atoms with Crippen molar-refractivity contribution in [3.05, 3.63) is 23.8 Å². The molecule has 1 saturated heterocycles. The van der Waals surface area contributed by atoms with Gasteiger partial charge < -0.3 is 14.8 Å². The third-order valence-corrected chi connectivity index (χ3v) is 3.08. The number of aryl methyl sites for hydroxylation is 1. The lowest BCUT2D eigenvalue weighted by molar-refractivity contribution is 0.212. The van der Waals surface area contributed by atoms with Crippen LogP contribution in [0.4, 0.5) is 0 Å². The lowest BCUT2D eigenvalue weighted by Crippen LogP contribution is -2.19. The number of hydrogen-bond acceptors (Lipinski definition) is 3. The summed E-state index contributed by atoms with van der Waals surface area (Å²) >= 11 is 0. The summed E-state index contributed by atoms with van der Waals surface area (Å²) in [5.74, 6) is 1.71. The van der Waals surface area contributed by atoms with E-state index in [0.29, 0.717) is 0 Å². The minimum Gasteiger partial charge on any atom is -0.493 e. The molecule has 0 amide bonds. The molecule has 1 aromatic carbocycles. The summed E-state index contributed by atoms with van der Waals surface area (Å²) in [5.41, 5.74) is 1.31. The van der Waals surface area contributed by atoms with Crippen LogP contribution in [0.1, 0.15) is 25.3 Å². The van der Waals surface area contributed by atoms with Gasteiger partial charge in [0.05, 0.1) is 7.11 Å². The SMILES string of the molecule is CCCc1ccc(OC2CCNC2)c(OC)c1.Cl. The molecule has 1 atom stereocenters. The molecular weight excluding hydrogens is 250 g/mol. The van der Waals surface area contributed by atoms with Gasteiger partial charge in [-0.1, -0.05) is 19.4 Å². The third-order valence-electron chi connectivity index (χ3n) is 3.08. The Kier molecular flexibility index (Phi) is 6.30. The second-order valence-corrected chi connectivity index (χ2v) is 4.47. The highest BCUT2D eigenvalue weighted by Crippen LogP contribution is 2.30. The third kappa shape index (κ3) is 3.79. The molecular formula is C14H22ClNO2. The number of methoxy groups -OCH3 is 1. The summed E-state index contributed by atoms with van der Waals surface area (Å²) in [4.78, 5) is 0. The Labute approximate surface area is 115 Å². The number of nitrogens with one attached hydrogen (secondary N) is 1.